The van der Waals surface area contributed by atoms with Gasteiger partial charge in [0.25, 0.3) is 11.8 Å². The van der Waals surface area contributed by atoms with Crippen molar-refractivity contribution in [3.63, 3.8) is 0 Å². The van der Waals surface area contributed by atoms with E-state index in [4.69, 9.17) is 23.2 Å². The van der Waals surface area contributed by atoms with E-state index in [9.17, 15) is 18.4 Å². The first-order valence-corrected chi connectivity index (χ1v) is 12.2. The number of hydrogen-bond acceptors (Lipinski definition) is 3. The number of amides is 2. The molecular formula is C26H27Cl2F2N3O2. The standard InChI is InChI=1S/C26H27Cl2F2N3O2/c1-25(2,3)24(35)31-13-15-4-5-20(27)16(8-15)9-18-10-17-11-21(28)19(12-22(17)32-18)23(34)33-7-6-26(29,30)14-33/h4-5,8,11-12H,6-7,9-10,13-14H2,1-3H3,(H,31,35). The zero-order chi connectivity index (χ0) is 25.5. The summed E-state index contributed by atoms with van der Waals surface area (Å²) in [5, 5.41) is 3.76. The summed E-state index contributed by atoms with van der Waals surface area (Å²) in [5.74, 6) is -3.41. The van der Waals surface area contributed by atoms with Gasteiger partial charge in [0.2, 0.25) is 5.91 Å². The highest BCUT2D eigenvalue weighted by Gasteiger charge is 2.41. The summed E-state index contributed by atoms with van der Waals surface area (Å²) in [6.07, 6.45) is 0.698. The number of hydrogen-bond donors (Lipinski definition) is 1. The summed E-state index contributed by atoms with van der Waals surface area (Å²) in [6.45, 7) is 5.37. The first-order chi connectivity index (χ1) is 16.3. The number of halogens is 4. The molecule has 0 spiro atoms. The second kappa shape index (κ2) is 9.51. The fraction of sp³-hybridized carbons (Fsp3) is 0.423. The molecule has 9 heteroatoms. The second-order valence-corrected chi connectivity index (χ2v) is 11.0. The van der Waals surface area contributed by atoms with Crippen molar-refractivity contribution in [1.82, 2.24) is 10.2 Å². The lowest BCUT2D eigenvalue weighted by atomic mass is 9.95. The first-order valence-electron chi connectivity index (χ1n) is 11.4. The maximum absolute atomic E-state index is 13.6. The van der Waals surface area contributed by atoms with Crippen LogP contribution >= 0.6 is 23.2 Å². The highest BCUT2D eigenvalue weighted by atomic mass is 35.5. The summed E-state index contributed by atoms with van der Waals surface area (Å²) < 4.78 is 27.1. The van der Waals surface area contributed by atoms with Crippen LogP contribution in [0.5, 0.6) is 0 Å². The van der Waals surface area contributed by atoms with Gasteiger partial charge in [-0.15, -0.1) is 0 Å². The number of carbonyl (C=O) groups excluding carboxylic acids is 2. The molecule has 1 fully saturated rings. The van der Waals surface area contributed by atoms with Crippen LogP contribution in [0.15, 0.2) is 35.3 Å². The SMILES string of the molecule is CC(C)(C)C(=O)NCc1ccc(Cl)c(CC2=Nc3cc(C(=O)N4CCC(F)(F)C4)c(Cl)cc3C2)c1. The Morgan fingerprint density at radius 2 is 1.89 bits per heavy atom. The van der Waals surface area contributed by atoms with Gasteiger partial charge in [0, 0.05) is 48.5 Å². The van der Waals surface area contributed by atoms with E-state index in [-0.39, 0.29) is 29.5 Å². The summed E-state index contributed by atoms with van der Waals surface area (Å²) in [7, 11) is 0. The van der Waals surface area contributed by atoms with E-state index in [2.05, 4.69) is 10.3 Å². The number of fused-ring (bicyclic) bond motifs is 1. The Labute approximate surface area is 213 Å². The Kier molecular flexibility index (Phi) is 6.95. The molecular weight excluding hydrogens is 495 g/mol. The predicted molar refractivity (Wildman–Crippen MR) is 134 cm³/mol. The van der Waals surface area contributed by atoms with Crippen LogP contribution in [0.1, 0.15) is 54.2 Å². The molecule has 2 aromatic carbocycles. The normalized spacial score (nSPS) is 16.8. The van der Waals surface area contributed by atoms with Crippen LogP contribution in [0.4, 0.5) is 14.5 Å². The number of nitrogens with one attached hydrogen (secondary N) is 1. The number of likely N-dealkylation sites (tertiary alicyclic amines) is 1. The Balaban J connectivity index is 1.49. The van der Waals surface area contributed by atoms with Gasteiger partial charge in [-0.2, -0.15) is 0 Å². The first kappa shape index (κ1) is 25.6. The van der Waals surface area contributed by atoms with Crippen molar-refractivity contribution in [2.24, 2.45) is 10.4 Å². The average Bonchev–Trinajstić information content (AvgIpc) is 3.33. The lowest BCUT2D eigenvalue weighted by molar-refractivity contribution is -0.128. The zero-order valence-electron chi connectivity index (χ0n) is 19.9. The lowest BCUT2D eigenvalue weighted by Gasteiger charge is -2.18. The molecule has 0 bridgehead atoms. The van der Waals surface area contributed by atoms with Gasteiger partial charge in [-0.1, -0.05) is 56.1 Å². The maximum atomic E-state index is 13.6. The minimum Gasteiger partial charge on any atom is -0.352 e. The molecule has 2 aliphatic rings. The van der Waals surface area contributed by atoms with Gasteiger partial charge in [-0.05, 0) is 34.9 Å². The van der Waals surface area contributed by atoms with Crippen molar-refractivity contribution in [1.29, 1.82) is 0 Å². The molecule has 4 rings (SSSR count). The van der Waals surface area contributed by atoms with Crippen molar-refractivity contribution in [3.05, 3.63) is 62.6 Å². The van der Waals surface area contributed by atoms with Gasteiger partial charge in [0.05, 0.1) is 22.8 Å². The van der Waals surface area contributed by atoms with E-state index in [1.165, 1.54) is 0 Å². The van der Waals surface area contributed by atoms with Crippen LogP contribution in [-0.2, 0) is 24.2 Å². The molecule has 2 aromatic rings. The van der Waals surface area contributed by atoms with Gasteiger partial charge in [-0.25, -0.2) is 8.78 Å². The molecule has 186 valence electrons. The molecule has 35 heavy (non-hydrogen) atoms. The molecule has 0 aromatic heterocycles. The smallest absolute Gasteiger partial charge is 0.267 e. The maximum Gasteiger partial charge on any atom is 0.267 e. The van der Waals surface area contributed by atoms with E-state index in [0.717, 1.165) is 27.3 Å². The third kappa shape index (κ3) is 5.84. The van der Waals surface area contributed by atoms with Crippen LogP contribution in [-0.4, -0.2) is 41.4 Å². The van der Waals surface area contributed by atoms with Crippen LogP contribution in [0.2, 0.25) is 10.0 Å². The number of nitrogens with zero attached hydrogens (tertiary/aromatic N) is 2. The summed E-state index contributed by atoms with van der Waals surface area (Å²) in [6, 6.07) is 8.90. The van der Waals surface area contributed by atoms with Crippen LogP contribution in [0.25, 0.3) is 0 Å². The zero-order valence-corrected chi connectivity index (χ0v) is 21.4. The van der Waals surface area contributed by atoms with Crippen LogP contribution in [0.3, 0.4) is 0 Å². The van der Waals surface area contributed by atoms with E-state index in [1.807, 2.05) is 32.9 Å². The number of alkyl halides is 2. The third-order valence-electron chi connectivity index (χ3n) is 6.17. The van der Waals surface area contributed by atoms with Gasteiger partial charge in [0.15, 0.2) is 0 Å². The van der Waals surface area contributed by atoms with E-state index >= 15 is 0 Å². The second-order valence-electron chi connectivity index (χ2n) is 10.2. The minimum atomic E-state index is -2.87. The Morgan fingerprint density at radius 1 is 1.14 bits per heavy atom. The molecule has 5 nitrogen and oxygen atoms in total. The highest BCUT2D eigenvalue weighted by Crippen LogP contribution is 2.36. The molecule has 2 heterocycles. The summed E-state index contributed by atoms with van der Waals surface area (Å²) in [4.78, 5) is 30.8. The molecule has 0 saturated carbocycles. The van der Waals surface area contributed by atoms with E-state index in [0.29, 0.717) is 30.1 Å². The Morgan fingerprint density at radius 3 is 2.54 bits per heavy atom. The molecule has 2 aliphatic heterocycles. The minimum absolute atomic E-state index is 0.00118. The van der Waals surface area contributed by atoms with Crippen molar-refractivity contribution >= 4 is 46.4 Å². The van der Waals surface area contributed by atoms with Crippen LogP contribution in [0, 0.1) is 5.41 Å². The van der Waals surface area contributed by atoms with Crippen molar-refractivity contribution in [2.75, 3.05) is 13.1 Å². The number of benzene rings is 2. The number of carbonyl (C=O) groups is 2. The average molecular weight is 522 g/mol. The Bertz CT molecular complexity index is 1220. The van der Waals surface area contributed by atoms with Gasteiger partial charge >= 0.3 is 0 Å². The number of rotatable bonds is 5. The van der Waals surface area contributed by atoms with Crippen LogP contribution < -0.4 is 5.32 Å². The van der Waals surface area contributed by atoms with Gasteiger partial charge in [-0.3, -0.25) is 14.6 Å². The van der Waals surface area contributed by atoms with E-state index in [1.54, 1.807) is 18.2 Å². The quantitative estimate of drug-likeness (QED) is 0.523. The fourth-order valence-electron chi connectivity index (χ4n) is 4.16. The largest absolute Gasteiger partial charge is 0.352 e. The van der Waals surface area contributed by atoms with Crippen molar-refractivity contribution in [3.8, 4) is 0 Å². The monoisotopic (exact) mass is 521 g/mol. The molecule has 2 amide bonds. The van der Waals surface area contributed by atoms with Gasteiger partial charge in [0.1, 0.15) is 0 Å². The van der Waals surface area contributed by atoms with Crippen molar-refractivity contribution < 1.29 is 18.4 Å². The number of aliphatic imine (C=N–C) groups is 1. The molecule has 1 N–H and O–H groups in total. The summed E-state index contributed by atoms with van der Waals surface area (Å²) in [5.41, 5.74) is 3.85. The third-order valence-corrected chi connectivity index (χ3v) is 6.85. The van der Waals surface area contributed by atoms with Crippen molar-refractivity contribution in [2.45, 2.75) is 52.5 Å². The molecule has 0 aliphatic carbocycles. The Hall–Kier alpha value is -2.51. The molecule has 0 atom stereocenters. The van der Waals surface area contributed by atoms with E-state index < -0.39 is 23.8 Å². The fourth-order valence-corrected chi connectivity index (χ4v) is 4.62. The summed E-state index contributed by atoms with van der Waals surface area (Å²) >= 11 is 12.8. The topological polar surface area (TPSA) is 61.8 Å². The predicted octanol–water partition coefficient (Wildman–Crippen LogP) is 6.01. The molecule has 1 saturated heterocycles. The lowest BCUT2D eigenvalue weighted by Crippen LogP contribution is -2.34. The molecule has 0 radical (unpaired) electrons. The van der Waals surface area contributed by atoms with Gasteiger partial charge < -0.3 is 10.2 Å². The molecule has 0 unspecified atom stereocenters. The highest BCUT2D eigenvalue weighted by molar-refractivity contribution is 6.34.